The van der Waals surface area contributed by atoms with E-state index in [1.54, 1.807) is 0 Å². The lowest BCUT2D eigenvalue weighted by molar-refractivity contribution is 0.298. The van der Waals surface area contributed by atoms with Crippen LogP contribution in [-0.4, -0.2) is 25.0 Å². The third-order valence-corrected chi connectivity index (χ3v) is 5.38. The molecular weight excluding hydrogens is 397 g/mol. The van der Waals surface area contributed by atoms with Crippen LogP contribution in [0.5, 0.6) is 5.88 Å². The molecule has 1 heterocycles. The van der Waals surface area contributed by atoms with Gasteiger partial charge in [-0.15, -0.1) is 0 Å². The van der Waals surface area contributed by atoms with E-state index in [1.165, 1.54) is 24.4 Å². The van der Waals surface area contributed by atoms with Crippen LogP contribution in [0, 0.1) is 0 Å². The molecular formula is C14H14Cl3N3O3S. The first kappa shape index (κ1) is 19.1. The first-order valence-electron chi connectivity index (χ1n) is 6.97. The van der Waals surface area contributed by atoms with Gasteiger partial charge in [0.2, 0.25) is 5.82 Å². The number of rotatable bonds is 7. The quantitative estimate of drug-likeness (QED) is 0.683. The minimum Gasteiger partial charge on any atom is -0.475 e. The summed E-state index contributed by atoms with van der Waals surface area (Å²) in [5.74, 6) is -0.0794. The summed E-state index contributed by atoms with van der Waals surface area (Å²) < 4.78 is 32.8. The summed E-state index contributed by atoms with van der Waals surface area (Å²) >= 11 is 17.6. The smallest absolute Gasteiger partial charge is 0.264 e. The summed E-state index contributed by atoms with van der Waals surface area (Å²) in [6.45, 7) is 2.36. The van der Waals surface area contributed by atoms with Crippen molar-refractivity contribution in [3.63, 3.8) is 0 Å². The van der Waals surface area contributed by atoms with E-state index < -0.39 is 10.0 Å². The molecule has 0 spiro atoms. The number of hydrogen-bond donors (Lipinski definition) is 1. The van der Waals surface area contributed by atoms with Gasteiger partial charge in [0.1, 0.15) is 4.90 Å². The minimum atomic E-state index is -4.02. The number of unbranched alkanes of at least 4 members (excludes halogenated alkanes) is 1. The van der Waals surface area contributed by atoms with Crippen molar-refractivity contribution in [3.8, 4) is 5.88 Å². The van der Waals surface area contributed by atoms with E-state index in [1.807, 2.05) is 6.92 Å². The second-order valence-electron chi connectivity index (χ2n) is 4.71. The largest absolute Gasteiger partial charge is 0.475 e. The number of hydrogen-bond acceptors (Lipinski definition) is 5. The number of nitrogens with zero attached hydrogens (tertiary/aromatic N) is 2. The summed E-state index contributed by atoms with van der Waals surface area (Å²) in [6, 6.07) is 4.30. The van der Waals surface area contributed by atoms with Gasteiger partial charge >= 0.3 is 0 Å². The van der Waals surface area contributed by atoms with Crippen LogP contribution in [0.4, 0.5) is 5.82 Å². The van der Waals surface area contributed by atoms with Crippen molar-refractivity contribution in [1.29, 1.82) is 0 Å². The molecule has 0 bridgehead atoms. The predicted molar refractivity (Wildman–Crippen MR) is 94.7 cm³/mol. The maximum atomic E-state index is 12.5. The van der Waals surface area contributed by atoms with Gasteiger partial charge in [0.25, 0.3) is 15.9 Å². The van der Waals surface area contributed by atoms with E-state index in [-0.39, 0.29) is 31.8 Å². The molecule has 6 nitrogen and oxygen atoms in total. The molecule has 0 unspecified atom stereocenters. The van der Waals surface area contributed by atoms with Crippen molar-refractivity contribution < 1.29 is 13.2 Å². The molecule has 0 atom stereocenters. The van der Waals surface area contributed by atoms with Crippen molar-refractivity contribution in [3.05, 3.63) is 39.6 Å². The van der Waals surface area contributed by atoms with Gasteiger partial charge in [-0.2, -0.15) is 4.98 Å². The third kappa shape index (κ3) is 4.63. The van der Waals surface area contributed by atoms with Crippen LogP contribution >= 0.6 is 34.8 Å². The highest BCUT2D eigenvalue weighted by Gasteiger charge is 2.22. The Morgan fingerprint density at radius 3 is 2.71 bits per heavy atom. The first-order chi connectivity index (χ1) is 11.3. The Bertz CT molecular complexity index is 831. The SMILES string of the molecule is CCCCOc1nc(Cl)cnc1NS(=O)(=O)c1cccc(Cl)c1Cl. The molecule has 2 aromatic rings. The van der Waals surface area contributed by atoms with Gasteiger partial charge in [0, 0.05) is 0 Å². The summed E-state index contributed by atoms with van der Waals surface area (Å²) in [4.78, 5) is 7.72. The van der Waals surface area contributed by atoms with Crippen LogP contribution in [0.2, 0.25) is 15.2 Å². The van der Waals surface area contributed by atoms with E-state index in [9.17, 15) is 8.42 Å². The topological polar surface area (TPSA) is 81.2 Å². The van der Waals surface area contributed by atoms with Gasteiger partial charge in [-0.1, -0.05) is 54.2 Å². The summed E-state index contributed by atoms with van der Waals surface area (Å²) in [5, 5.41) is 0.133. The van der Waals surface area contributed by atoms with E-state index in [4.69, 9.17) is 39.5 Å². The van der Waals surface area contributed by atoms with Crippen LogP contribution in [0.1, 0.15) is 19.8 Å². The number of benzene rings is 1. The van der Waals surface area contributed by atoms with E-state index in [2.05, 4.69) is 14.7 Å². The van der Waals surface area contributed by atoms with Crippen molar-refractivity contribution in [2.75, 3.05) is 11.3 Å². The number of sulfonamides is 1. The summed E-state index contributed by atoms with van der Waals surface area (Å²) in [6.07, 6.45) is 2.90. The van der Waals surface area contributed by atoms with Crippen LogP contribution in [-0.2, 0) is 10.0 Å². The third-order valence-electron chi connectivity index (χ3n) is 2.88. The van der Waals surface area contributed by atoms with Gasteiger partial charge in [0.05, 0.1) is 22.8 Å². The molecule has 24 heavy (non-hydrogen) atoms. The van der Waals surface area contributed by atoms with Crippen LogP contribution in [0.25, 0.3) is 0 Å². The van der Waals surface area contributed by atoms with Crippen LogP contribution in [0.15, 0.2) is 29.3 Å². The van der Waals surface area contributed by atoms with Crippen molar-refractivity contribution in [2.45, 2.75) is 24.7 Å². The molecule has 1 N–H and O–H groups in total. The van der Waals surface area contributed by atoms with Crippen molar-refractivity contribution in [2.24, 2.45) is 0 Å². The summed E-state index contributed by atoms with van der Waals surface area (Å²) in [5.41, 5.74) is 0. The van der Waals surface area contributed by atoms with Crippen LogP contribution in [0.3, 0.4) is 0 Å². The Hall–Kier alpha value is -1.28. The van der Waals surface area contributed by atoms with Crippen molar-refractivity contribution >= 4 is 50.6 Å². The Balaban J connectivity index is 2.34. The zero-order valence-electron chi connectivity index (χ0n) is 12.6. The number of aromatic nitrogens is 2. The molecule has 10 heteroatoms. The van der Waals surface area contributed by atoms with Gasteiger partial charge in [-0.3, -0.25) is 4.72 Å². The monoisotopic (exact) mass is 409 g/mol. The Kier molecular flexibility index (Phi) is 6.51. The fourth-order valence-electron chi connectivity index (χ4n) is 1.71. The van der Waals surface area contributed by atoms with Crippen LogP contribution < -0.4 is 9.46 Å². The number of ether oxygens (including phenoxy) is 1. The standard InChI is InChI=1S/C14H14Cl3N3O3S/c1-2-3-7-23-14-13(18-8-11(16)19-14)20-24(21,22)10-6-4-5-9(15)12(10)17/h4-6,8H,2-3,7H2,1H3,(H,18,20). The molecule has 2 rings (SSSR count). The normalized spacial score (nSPS) is 11.3. The molecule has 1 aromatic heterocycles. The second-order valence-corrected chi connectivity index (χ2v) is 7.53. The van der Waals surface area contributed by atoms with Crippen molar-refractivity contribution in [1.82, 2.24) is 9.97 Å². The minimum absolute atomic E-state index is 0.00215. The molecule has 130 valence electrons. The molecule has 0 aliphatic heterocycles. The predicted octanol–water partition coefficient (Wildman–Crippen LogP) is 4.42. The van der Waals surface area contributed by atoms with E-state index in [0.717, 1.165) is 12.8 Å². The van der Waals surface area contributed by atoms with E-state index >= 15 is 0 Å². The fraction of sp³-hybridized carbons (Fsp3) is 0.286. The molecule has 0 radical (unpaired) electrons. The Labute approximate surface area is 155 Å². The first-order valence-corrected chi connectivity index (χ1v) is 9.59. The lowest BCUT2D eigenvalue weighted by Crippen LogP contribution is -2.16. The zero-order chi connectivity index (χ0) is 17.7. The van der Waals surface area contributed by atoms with Gasteiger partial charge < -0.3 is 4.74 Å². The Morgan fingerprint density at radius 2 is 2.00 bits per heavy atom. The van der Waals surface area contributed by atoms with Gasteiger partial charge in [-0.25, -0.2) is 13.4 Å². The highest BCUT2D eigenvalue weighted by molar-refractivity contribution is 7.92. The lowest BCUT2D eigenvalue weighted by Gasteiger charge is -2.13. The molecule has 0 amide bonds. The average molecular weight is 411 g/mol. The maximum Gasteiger partial charge on any atom is 0.264 e. The molecule has 0 aliphatic rings. The number of halogens is 3. The average Bonchev–Trinajstić information content (AvgIpc) is 2.52. The Morgan fingerprint density at radius 1 is 1.25 bits per heavy atom. The molecule has 1 aromatic carbocycles. The van der Waals surface area contributed by atoms with Gasteiger partial charge in [0.15, 0.2) is 5.15 Å². The number of anilines is 1. The van der Waals surface area contributed by atoms with E-state index in [0.29, 0.717) is 6.61 Å². The number of nitrogens with one attached hydrogen (secondary N) is 1. The maximum absolute atomic E-state index is 12.5. The molecule has 0 aliphatic carbocycles. The fourth-order valence-corrected chi connectivity index (χ4v) is 3.60. The second kappa shape index (κ2) is 8.20. The van der Waals surface area contributed by atoms with Gasteiger partial charge in [-0.05, 0) is 18.6 Å². The highest BCUT2D eigenvalue weighted by atomic mass is 35.5. The lowest BCUT2D eigenvalue weighted by atomic mass is 10.4. The summed E-state index contributed by atoms with van der Waals surface area (Å²) in [7, 11) is -4.02. The molecule has 0 fully saturated rings. The highest BCUT2D eigenvalue weighted by Crippen LogP contribution is 2.31. The molecule has 0 saturated carbocycles. The molecule has 0 saturated heterocycles. The zero-order valence-corrected chi connectivity index (χ0v) is 15.7.